The summed E-state index contributed by atoms with van der Waals surface area (Å²) in [5.74, 6) is 0.685. The van der Waals surface area contributed by atoms with Crippen molar-refractivity contribution in [3.05, 3.63) is 35.9 Å². The van der Waals surface area contributed by atoms with Gasteiger partial charge in [-0.3, -0.25) is 4.99 Å². The molecule has 2 rings (SSSR count). The summed E-state index contributed by atoms with van der Waals surface area (Å²) in [4.78, 5) is 6.65. The Morgan fingerprint density at radius 1 is 1.35 bits per heavy atom. The summed E-state index contributed by atoms with van der Waals surface area (Å²) in [5, 5.41) is 0. The average molecular weight is 231 g/mol. The van der Waals surface area contributed by atoms with Crippen LogP contribution >= 0.6 is 0 Å². The first-order valence-electron chi connectivity index (χ1n) is 6.27. The first-order chi connectivity index (χ1) is 8.15. The predicted molar refractivity (Wildman–Crippen MR) is 71.8 cm³/mol. The van der Waals surface area contributed by atoms with Gasteiger partial charge in [-0.05, 0) is 18.9 Å². The number of benzene rings is 1. The monoisotopic (exact) mass is 231 g/mol. The molecule has 0 saturated carbocycles. The summed E-state index contributed by atoms with van der Waals surface area (Å²) in [6, 6.07) is 10.4. The summed E-state index contributed by atoms with van der Waals surface area (Å²) in [7, 11) is 0. The summed E-state index contributed by atoms with van der Waals surface area (Å²) >= 11 is 0. The minimum absolute atomic E-state index is 0.0919. The Hall–Kier alpha value is -1.51. The van der Waals surface area contributed by atoms with E-state index < -0.39 is 0 Å². The van der Waals surface area contributed by atoms with Gasteiger partial charge in [0.25, 0.3) is 0 Å². The van der Waals surface area contributed by atoms with E-state index in [1.165, 1.54) is 5.56 Å². The number of rotatable bonds is 4. The molecule has 1 unspecified atom stereocenters. The maximum absolute atomic E-state index is 6.01. The van der Waals surface area contributed by atoms with E-state index >= 15 is 0 Å². The number of aliphatic imine (C=N–C) groups is 1. The van der Waals surface area contributed by atoms with Gasteiger partial charge in [0.1, 0.15) is 0 Å². The summed E-state index contributed by atoms with van der Waals surface area (Å²) in [6.45, 7) is 6.13. The van der Waals surface area contributed by atoms with Crippen LogP contribution < -0.4 is 5.73 Å². The zero-order valence-corrected chi connectivity index (χ0v) is 10.7. The van der Waals surface area contributed by atoms with Gasteiger partial charge < -0.3 is 10.6 Å². The molecule has 2 N–H and O–H groups in total. The van der Waals surface area contributed by atoms with E-state index in [2.05, 4.69) is 48.0 Å². The van der Waals surface area contributed by atoms with Crippen LogP contribution in [0.5, 0.6) is 0 Å². The molecule has 17 heavy (non-hydrogen) atoms. The van der Waals surface area contributed by atoms with E-state index in [-0.39, 0.29) is 5.54 Å². The van der Waals surface area contributed by atoms with Gasteiger partial charge in [0.2, 0.25) is 0 Å². The van der Waals surface area contributed by atoms with Crippen LogP contribution in [0.4, 0.5) is 0 Å². The Morgan fingerprint density at radius 3 is 2.71 bits per heavy atom. The molecule has 1 aliphatic heterocycles. The van der Waals surface area contributed by atoms with Crippen molar-refractivity contribution in [3.8, 4) is 0 Å². The first kappa shape index (κ1) is 12.0. The highest BCUT2D eigenvalue weighted by atomic mass is 15.3. The van der Waals surface area contributed by atoms with Gasteiger partial charge in [-0.15, -0.1) is 0 Å². The third-order valence-electron chi connectivity index (χ3n) is 3.48. The molecule has 0 radical (unpaired) electrons. The van der Waals surface area contributed by atoms with Crippen molar-refractivity contribution in [2.24, 2.45) is 10.7 Å². The maximum Gasteiger partial charge on any atom is 0.192 e. The van der Waals surface area contributed by atoms with E-state index in [0.29, 0.717) is 5.96 Å². The normalized spacial score (nSPS) is 23.9. The highest BCUT2D eigenvalue weighted by Crippen LogP contribution is 2.28. The minimum Gasteiger partial charge on any atom is -0.370 e. The topological polar surface area (TPSA) is 41.6 Å². The molecule has 3 heteroatoms. The third kappa shape index (κ3) is 2.43. The van der Waals surface area contributed by atoms with E-state index in [9.17, 15) is 0 Å². The molecule has 1 aromatic carbocycles. The van der Waals surface area contributed by atoms with Gasteiger partial charge in [0, 0.05) is 6.54 Å². The van der Waals surface area contributed by atoms with E-state index in [4.69, 9.17) is 5.73 Å². The van der Waals surface area contributed by atoms with Crippen LogP contribution in [0.25, 0.3) is 0 Å². The first-order valence-corrected chi connectivity index (χ1v) is 6.27. The molecule has 3 nitrogen and oxygen atoms in total. The van der Waals surface area contributed by atoms with Gasteiger partial charge in [-0.25, -0.2) is 0 Å². The third-order valence-corrected chi connectivity index (χ3v) is 3.48. The van der Waals surface area contributed by atoms with Crippen molar-refractivity contribution >= 4 is 5.96 Å². The predicted octanol–water partition coefficient (Wildman–Crippen LogP) is 2.38. The van der Waals surface area contributed by atoms with Gasteiger partial charge in [0.15, 0.2) is 5.96 Å². The SMILES string of the molecule is CCCC1(C)CN=C(N)N1Cc1ccccc1. The summed E-state index contributed by atoms with van der Waals surface area (Å²) in [6.07, 6.45) is 2.29. The molecule has 1 aromatic rings. The largest absolute Gasteiger partial charge is 0.370 e. The smallest absolute Gasteiger partial charge is 0.192 e. The summed E-state index contributed by atoms with van der Waals surface area (Å²) in [5.41, 5.74) is 7.39. The van der Waals surface area contributed by atoms with E-state index in [1.54, 1.807) is 0 Å². The lowest BCUT2D eigenvalue weighted by atomic mass is 9.94. The fraction of sp³-hybridized carbons (Fsp3) is 0.500. The lowest BCUT2D eigenvalue weighted by Crippen LogP contribution is -2.48. The Balaban J connectivity index is 2.15. The van der Waals surface area contributed by atoms with Gasteiger partial charge in [0.05, 0.1) is 12.1 Å². The zero-order valence-electron chi connectivity index (χ0n) is 10.7. The van der Waals surface area contributed by atoms with Crippen LogP contribution in [-0.4, -0.2) is 22.9 Å². The average Bonchev–Trinajstić information content (AvgIpc) is 2.60. The standard InChI is InChI=1S/C14H21N3/c1-3-9-14(2)11-16-13(15)17(14)10-12-7-5-4-6-8-12/h4-8H,3,9-11H2,1-2H3,(H2,15,16). The van der Waals surface area contributed by atoms with Crippen molar-refractivity contribution in [1.29, 1.82) is 0 Å². The van der Waals surface area contributed by atoms with Crippen LogP contribution in [0, 0.1) is 0 Å². The zero-order chi connectivity index (χ0) is 12.3. The fourth-order valence-electron chi connectivity index (χ4n) is 2.49. The van der Waals surface area contributed by atoms with Crippen LogP contribution in [-0.2, 0) is 6.54 Å². The molecule has 0 aromatic heterocycles. The Morgan fingerprint density at radius 2 is 2.06 bits per heavy atom. The highest BCUT2D eigenvalue weighted by molar-refractivity contribution is 5.80. The van der Waals surface area contributed by atoms with E-state index in [1.807, 2.05) is 6.07 Å². The molecule has 0 spiro atoms. The Kier molecular flexibility index (Phi) is 3.36. The number of nitrogens with two attached hydrogens (primary N) is 1. The van der Waals surface area contributed by atoms with Gasteiger partial charge >= 0.3 is 0 Å². The van der Waals surface area contributed by atoms with Gasteiger partial charge in [-0.1, -0.05) is 43.7 Å². The van der Waals surface area contributed by atoms with Crippen molar-refractivity contribution < 1.29 is 0 Å². The van der Waals surface area contributed by atoms with Crippen molar-refractivity contribution in [2.75, 3.05) is 6.54 Å². The fourth-order valence-corrected chi connectivity index (χ4v) is 2.49. The molecule has 92 valence electrons. The number of hydrogen-bond donors (Lipinski definition) is 1. The molecule has 0 aliphatic carbocycles. The van der Waals surface area contributed by atoms with Crippen LogP contribution in [0.2, 0.25) is 0 Å². The second-order valence-electron chi connectivity index (χ2n) is 4.99. The van der Waals surface area contributed by atoms with Gasteiger partial charge in [-0.2, -0.15) is 0 Å². The Labute approximate surface area is 103 Å². The van der Waals surface area contributed by atoms with Crippen molar-refractivity contribution in [1.82, 2.24) is 4.90 Å². The molecular formula is C14H21N3. The second-order valence-corrected chi connectivity index (χ2v) is 4.99. The number of nitrogens with zero attached hydrogens (tertiary/aromatic N) is 2. The van der Waals surface area contributed by atoms with E-state index in [0.717, 1.165) is 25.9 Å². The highest BCUT2D eigenvalue weighted by Gasteiger charge is 2.36. The molecule has 1 aliphatic rings. The van der Waals surface area contributed by atoms with Crippen LogP contribution in [0.15, 0.2) is 35.3 Å². The van der Waals surface area contributed by atoms with Crippen LogP contribution in [0.3, 0.4) is 0 Å². The summed E-state index contributed by atoms with van der Waals surface area (Å²) < 4.78 is 0. The quantitative estimate of drug-likeness (QED) is 0.864. The second kappa shape index (κ2) is 4.78. The molecule has 0 bridgehead atoms. The van der Waals surface area contributed by atoms with Crippen molar-refractivity contribution in [2.45, 2.75) is 38.8 Å². The lowest BCUT2D eigenvalue weighted by Gasteiger charge is -2.36. The minimum atomic E-state index is 0.0919. The lowest BCUT2D eigenvalue weighted by molar-refractivity contribution is 0.199. The van der Waals surface area contributed by atoms with Crippen molar-refractivity contribution in [3.63, 3.8) is 0 Å². The molecule has 1 heterocycles. The molecule has 0 amide bonds. The molecule has 0 fully saturated rings. The molecule has 0 saturated heterocycles. The Bertz CT molecular complexity index is 399. The number of guanidine groups is 1. The maximum atomic E-state index is 6.01. The van der Waals surface area contributed by atoms with Crippen LogP contribution in [0.1, 0.15) is 32.3 Å². The number of hydrogen-bond acceptors (Lipinski definition) is 3. The molecular weight excluding hydrogens is 210 g/mol. The molecule has 1 atom stereocenters.